The molecule has 1 aliphatic heterocycles. The Morgan fingerprint density at radius 1 is 1.17 bits per heavy atom. The summed E-state index contributed by atoms with van der Waals surface area (Å²) in [7, 11) is 0. The van der Waals surface area contributed by atoms with Gasteiger partial charge in [0, 0.05) is 25.5 Å². The maximum absolute atomic E-state index is 5.33. The molecule has 4 nitrogen and oxygen atoms in total. The number of hydrogen-bond acceptors (Lipinski definition) is 4. The van der Waals surface area contributed by atoms with E-state index in [1.54, 1.807) is 0 Å². The maximum Gasteiger partial charge on any atom is 0.0594 e. The number of hydrogen-bond donors (Lipinski definition) is 1. The fourth-order valence-corrected chi connectivity index (χ4v) is 2.16. The van der Waals surface area contributed by atoms with Crippen molar-refractivity contribution in [3.63, 3.8) is 0 Å². The Hall–Kier alpha value is -0.970. The van der Waals surface area contributed by atoms with Crippen LogP contribution in [-0.4, -0.2) is 55.8 Å². The molecular weight excluding hydrogens is 226 g/mol. The number of nitrogens with one attached hydrogen (secondary N) is 1. The van der Waals surface area contributed by atoms with Gasteiger partial charge < -0.3 is 10.1 Å². The van der Waals surface area contributed by atoms with Crippen molar-refractivity contribution in [1.82, 2.24) is 15.2 Å². The van der Waals surface area contributed by atoms with Gasteiger partial charge in [-0.25, -0.2) is 0 Å². The van der Waals surface area contributed by atoms with Gasteiger partial charge in [-0.2, -0.15) is 0 Å². The van der Waals surface area contributed by atoms with Gasteiger partial charge in [0.1, 0.15) is 0 Å². The molecule has 0 atom stereocenters. The Morgan fingerprint density at radius 3 is 2.72 bits per heavy atom. The number of nitrogens with zero attached hydrogens (tertiary/aromatic N) is 2. The van der Waals surface area contributed by atoms with E-state index in [-0.39, 0.29) is 0 Å². The number of ether oxygens (including phenoxy) is 1. The minimum absolute atomic E-state index is 0.898. The summed E-state index contributed by atoms with van der Waals surface area (Å²) < 4.78 is 5.33. The SMILES string of the molecule is c1cc(CCNCCCN2CCOCC2)ccn1. The lowest BCUT2D eigenvalue weighted by Gasteiger charge is -2.26. The first-order valence-corrected chi connectivity index (χ1v) is 6.85. The van der Waals surface area contributed by atoms with Gasteiger partial charge >= 0.3 is 0 Å². The van der Waals surface area contributed by atoms with Gasteiger partial charge in [0.05, 0.1) is 13.2 Å². The lowest BCUT2D eigenvalue weighted by atomic mass is 10.2. The van der Waals surface area contributed by atoms with Gasteiger partial charge in [0.2, 0.25) is 0 Å². The summed E-state index contributed by atoms with van der Waals surface area (Å²) in [5.74, 6) is 0. The minimum atomic E-state index is 0.898. The number of rotatable bonds is 7. The van der Waals surface area contributed by atoms with Crippen LogP contribution >= 0.6 is 0 Å². The highest BCUT2D eigenvalue weighted by Crippen LogP contribution is 1.98. The van der Waals surface area contributed by atoms with Gasteiger partial charge in [0.15, 0.2) is 0 Å². The molecule has 0 unspecified atom stereocenters. The molecule has 0 radical (unpaired) electrons. The zero-order valence-electron chi connectivity index (χ0n) is 11.0. The smallest absolute Gasteiger partial charge is 0.0594 e. The zero-order chi connectivity index (χ0) is 12.5. The van der Waals surface area contributed by atoms with E-state index in [2.05, 4.69) is 27.3 Å². The Labute approximate surface area is 109 Å². The van der Waals surface area contributed by atoms with Gasteiger partial charge in [-0.3, -0.25) is 9.88 Å². The highest BCUT2D eigenvalue weighted by atomic mass is 16.5. The second kappa shape index (κ2) is 8.19. The van der Waals surface area contributed by atoms with Crippen molar-refractivity contribution in [2.45, 2.75) is 12.8 Å². The van der Waals surface area contributed by atoms with Gasteiger partial charge in [-0.05, 0) is 50.2 Å². The molecule has 0 amide bonds. The molecule has 0 spiro atoms. The highest BCUT2D eigenvalue weighted by Gasteiger charge is 2.08. The molecule has 4 heteroatoms. The third kappa shape index (κ3) is 5.12. The second-order valence-electron chi connectivity index (χ2n) is 4.66. The van der Waals surface area contributed by atoms with E-state index in [1.165, 1.54) is 18.5 Å². The molecule has 0 saturated carbocycles. The first kappa shape index (κ1) is 13.5. The van der Waals surface area contributed by atoms with Crippen LogP contribution < -0.4 is 5.32 Å². The number of pyridine rings is 1. The zero-order valence-corrected chi connectivity index (χ0v) is 11.0. The average molecular weight is 249 g/mol. The number of aromatic nitrogens is 1. The van der Waals surface area contributed by atoms with Crippen LogP contribution in [0.25, 0.3) is 0 Å². The van der Waals surface area contributed by atoms with Crippen LogP contribution in [0.2, 0.25) is 0 Å². The van der Waals surface area contributed by atoms with E-state index in [1.807, 2.05) is 12.4 Å². The van der Waals surface area contributed by atoms with Crippen LogP contribution in [0.1, 0.15) is 12.0 Å². The molecule has 1 fully saturated rings. The molecular formula is C14H23N3O. The van der Waals surface area contributed by atoms with Gasteiger partial charge in [0.25, 0.3) is 0 Å². The normalized spacial score (nSPS) is 16.9. The van der Waals surface area contributed by atoms with Crippen LogP contribution in [0.15, 0.2) is 24.5 Å². The van der Waals surface area contributed by atoms with Crippen LogP contribution in [0.5, 0.6) is 0 Å². The molecule has 18 heavy (non-hydrogen) atoms. The van der Waals surface area contributed by atoms with E-state index in [0.717, 1.165) is 45.8 Å². The molecule has 1 aromatic rings. The van der Waals surface area contributed by atoms with Crippen LogP contribution in [0, 0.1) is 0 Å². The Morgan fingerprint density at radius 2 is 1.94 bits per heavy atom. The van der Waals surface area contributed by atoms with E-state index in [9.17, 15) is 0 Å². The summed E-state index contributed by atoms with van der Waals surface area (Å²) >= 11 is 0. The van der Waals surface area contributed by atoms with Crippen molar-refractivity contribution in [1.29, 1.82) is 0 Å². The molecule has 0 bridgehead atoms. The summed E-state index contributed by atoms with van der Waals surface area (Å²) in [6, 6.07) is 4.16. The lowest BCUT2D eigenvalue weighted by molar-refractivity contribution is 0.0375. The molecule has 2 rings (SSSR count). The van der Waals surface area contributed by atoms with Crippen LogP contribution in [0.3, 0.4) is 0 Å². The van der Waals surface area contributed by atoms with E-state index < -0.39 is 0 Å². The Balaban J connectivity index is 1.46. The summed E-state index contributed by atoms with van der Waals surface area (Å²) in [6.45, 7) is 7.32. The summed E-state index contributed by atoms with van der Waals surface area (Å²) in [5.41, 5.74) is 1.35. The molecule has 1 aliphatic rings. The van der Waals surface area contributed by atoms with Crippen LogP contribution in [0.4, 0.5) is 0 Å². The Bertz CT molecular complexity index is 312. The molecule has 0 aromatic carbocycles. The minimum Gasteiger partial charge on any atom is -0.379 e. The fourth-order valence-electron chi connectivity index (χ4n) is 2.16. The van der Waals surface area contributed by atoms with E-state index in [0.29, 0.717) is 0 Å². The topological polar surface area (TPSA) is 37.4 Å². The molecule has 1 N–H and O–H groups in total. The molecule has 0 aliphatic carbocycles. The summed E-state index contributed by atoms with van der Waals surface area (Å²) in [6.07, 6.45) is 6.01. The molecule has 2 heterocycles. The lowest BCUT2D eigenvalue weighted by Crippen LogP contribution is -2.37. The molecule has 100 valence electrons. The first-order chi connectivity index (χ1) is 8.95. The van der Waals surface area contributed by atoms with E-state index >= 15 is 0 Å². The number of morpholine rings is 1. The van der Waals surface area contributed by atoms with Crippen molar-refractivity contribution in [2.75, 3.05) is 45.9 Å². The third-order valence-electron chi connectivity index (χ3n) is 3.27. The molecule has 1 aromatic heterocycles. The molecule has 1 saturated heterocycles. The first-order valence-electron chi connectivity index (χ1n) is 6.85. The quantitative estimate of drug-likeness (QED) is 0.730. The van der Waals surface area contributed by atoms with Crippen LogP contribution in [-0.2, 0) is 11.2 Å². The standard InChI is InChI=1S/C14H23N3O/c1(9-17-10-12-18-13-11-17)5-15-6-2-14-3-7-16-8-4-14/h3-4,7-8,15H,1-2,5-6,9-13H2. The third-order valence-corrected chi connectivity index (χ3v) is 3.27. The highest BCUT2D eigenvalue weighted by molar-refractivity contribution is 5.09. The predicted molar refractivity (Wildman–Crippen MR) is 72.7 cm³/mol. The van der Waals surface area contributed by atoms with Gasteiger partial charge in [-0.15, -0.1) is 0 Å². The van der Waals surface area contributed by atoms with Crippen molar-refractivity contribution in [3.05, 3.63) is 30.1 Å². The average Bonchev–Trinajstić information content (AvgIpc) is 2.45. The monoisotopic (exact) mass is 249 g/mol. The Kier molecular flexibility index (Phi) is 6.12. The summed E-state index contributed by atoms with van der Waals surface area (Å²) in [4.78, 5) is 6.50. The van der Waals surface area contributed by atoms with Crippen molar-refractivity contribution < 1.29 is 4.74 Å². The second-order valence-corrected chi connectivity index (χ2v) is 4.66. The van der Waals surface area contributed by atoms with Crippen molar-refractivity contribution in [2.24, 2.45) is 0 Å². The largest absolute Gasteiger partial charge is 0.379 e. The van der Waals surface area contributed by atoms with Crippen molar-refractivity contribution in [3.8, 4) is 0 Å². The van der Waals surface area contributed by atoms with Crippen molar-refractivity contribution >= 4 is 0 Å². The predicted octanol–water partition coefficient (Wildman–Crippen LogP) is 0.936. The fraction of sp³-hybridized carbons (Fsp3) is 0.643. The van der Waals surface area contributed by atoms with Gasteiger partial charge in [-0.1, -0.05) is 0 Å². The van der Waals surface area contributed by atoms with E-state index in [4.69, 9.17) is 4.74 Å². The summed E-state index contributed by atoms with van der Waals surface area (Å²) in [5, 5.41) is 3.50. The maximum atomic E-state index is 5.33.